The van der Waals surface area contributed by atoms with Gasteiger partial charge in [-0.15, -0.1) is 11.3 Å². The van der Waals surface area contributed by atoms with Gasteiger partial charge in [-0.25, -0.2) is 0 Å². The monoisotopic (exact) mass is 400 g/mol. The molecule has 3 aromatic rings. The highest BCUT2D eigenvalue weighted by molar-refractivity contribution is 9.10. The van der Waals surface area contributed by atoms with Crippen LogP contribution in [0.15, 0.2) is 53.3 Å². The third-order valence-corrected chi connectivity index (χ3v) is 5.65. The van der Waals surface area contributed by atoms with Crippen LogP contribution >= 0.6 is 27.3 Å². The van der Waals surface area contributed by atoms with Crippen LogP contribution in [0.25, 0.3) is 21.8 Å². The molecule has 0 aromatic carbocycles. The number of aromatic nitrogens is 2. The molecule has 3 aromatic heterocycles. The molecule has 0 fully saturated rings. The van der Waals surface area contributed by atoms with Gasteiger partial charge >= 0.3 is 0 Å². The standard InChI is InChI=1S/C20H21BrN2S/c1-2-3-4-5-6-17-7-8-20(24-17)15-9-11-22-18(13-15)19-14-16(21)10-12-23-19/h7-14H,2-6H2,1H3. The molecule has 124 valence electrons. The molecule has 4 heteroatoms. The van der Waals surface area contributed by atoms with Gasteiger partial charge in [0.25, 0.3) is 0 Å². The van der Waals surface area contributed by atoms with Crippen LogP contribution in [-0.2, 0) is 6.42 Å². The Bertz CT molecular complexity index is 798. The fourth-order valence-electron chi connectivity index (χ4n) is 2.66. The number of halogens is 1. The third kappa shape index (κ3) is 4.52. The zero-order valence-corrected chi connectivity index (χ0v) is 16.2. The predicted octanol–water partition coefficient (Wildman–Crippen LogP) is 6.76. The summed E-state index contributed by atoms with van der Waals surface area (Å²) < 4.78 is 1.02. The minimum absolute atomic E-state index is 0.891. The van der Waals surface area contributed by atoms with Crippen LogP contribution in [0, 0.1) is 0 Å². The Kier molecular flexibility index (Phi) is 6.16. The van der Waals surface area contributed by atoms with E-state index in [-0.39, 0.29) is 0 Å². The highest BCUT2D eigenvalue weighted by Gasteiger charge is 2.07. The summed E-state index contributed by atoms with van der Waals surface area (Å²) >= 11 is 5.39. The van der Waals surface area contributed by atoms with Crippen molar-refractivity contribution in [3.05, 3.63) is 58.1 Å². The summed E-state index contributed by atoms with van der Waals surface area (Å²) in [4.78, 5) is 11.7. The average Bonchev–Trinajstić information content (AvgIpc) is 3.08. The number of aryl methyl sites for hydroxylation is 1. The fraction of sp³-hybridized carbons (Fsp3) is 0.300. The summed E-state index contributed by atoms with van der Waals surface area (Å²) in [7, 11) is 0. The van der Waals surface area contributed by atoms with Crippen LogP contribution in [0.4, 0.5) is 0 Å². The molecule has 0 aliphatic heterocycles. The second-order valence-electron chi connectivity index (χ2n) is 5.87. The van der Waals surface area contributed by atoms with Crippen molar-refractivity contribution in [2.24, 2.45) is 0 Å². The molecule has 3 rings (SSSR count). The summed E-state index contributed by atoms with van der Waals surface area (Å²) in [6.07, 6.45) is 10.1. The fourth-order valence-corrected chi connectivity index (χ4v) is 4.04. The number of hydrogen-bond donors (Lipinski definition) is 0. The zero-order valence-electron chi connectivity index (χ0n) is 13.8. The molecule has 0 saturated heterocycles. The lowest BCUT2D eigenvalue weighted by molar-refractivity contribution is 0.670. The van der Waals surface area contributed by atoms with Crippen molar-refractivity contribution >= 4 is 27.3 Å². The molecule has 0 N–H and O–H groups in total. The van der Waals surface area contributed by atoms with E-state index in [4.69, 9.17) is 0 Å². The Labute approximate surface area is 156 Å². The molecule has 24 heavy (non-hydrogen) atoms. The van der Waals surface area contributed by atoms with Crippen molar-refractivity contribution in [1.29, 1.82) is 0 Å². The zero-order chi connectivity index (χ0) is 16.8. The second kappa shape index (κ2) is 8.54. The van der Waals surface area contributed by atoms with Gasteiger partial charge in [-0.3, -0.25) is 9.97 Å². The molecule has 0 radical (unpaired) electrons. The third-order valence-electron chi connectivity index (χ3n) is 3.97. The first-order valence-electron chi connectivity index (χ1n) is 8.43. The van der Waals surface area contributed by atoms with Gasteiger partial charge in [-0.1, -0.05) is 42.1 Å². The molecular formula is C20H21BrN2S. The summed E-state index contributed by atoms with van der Waals surface area (Å²) in [6.45, 7) is 2.25. The first-order chi connectivity index (χ1) is 11.8. The van der Waals surface area contributed by atoms with E-state index in [1.54, 1.807) is 6.20 Å². The molecule has 0 atom stereocenters. The predicted molar refractivity (Wildman–Crippen MR) is 106 cm³/mol. The van der Waals surface area contributed by atoms with Crippen molar-refractivity contribution in [3.63, 3.8) is 0 Å². The highest BCUT2D eigenvalue weighted by Crippen LogP contribution is 2.31. The van der Waals surface area contributed by atoms with Crippen LogP contribution in [0.5, 0.6) is 0 Å². The van der Waals surface area contributed by atoms with Crippen LogP contribution in [0.3, 0.4) is 0 Å². The summed E-state index contributed by atoms with van der Waals surface area (Å²) in [5.74, 6) is 0. The maximum Gasteiger partial charge on any atom is 0.0897 e. The van der Waals surface area contributed by atoms with E-state index in [9.17, 15) is 0 Å². The Morgan fingerprint density at radius 3 is 2.50 bits per heavy atom. The van der Waals surface area contributed by atoms with Gasteiger partial charge in [-0.05, 0) is 54.8 Å². The molecule has 0 saturated carbocycles. The Hall–Kier alpha value is -1.52. The largest absolute Gasteiger partial charge is 0.255 e. The number of nitrogens with zero attached hydrogens (tertiary/aromatic N) is 2. The minimum atomic E-state index is 0.891. The Balaban J connectivity index is 1.76. The van der Waals surface area contributed by atoms with Crippen molar-refractivity contribution in [2.45, 2.75) is 39.0 Å². The maximum absolute atomic E-state index is 4.47. The van der Waals surface area contributed by atoms with Gasteiger partial charge in [0.15, 0.2) is 0 Å². The van der Waals surface area contributed by atoms with E-state index in [0.717, 1.165) is 15.9 Å². The first-order valence-corrected chi connectivity index (χ1v) is 10.0. The van der Waals surface area contributed by atoms with Crippen LogP contribution in [0.2, 0.25) is 0 Å². The summed E-state index contributed by atoms with van der Waals surface area (Å²) in [6, 6.07) is 12.6. The van der Waals surface area contributed by atoms with Crippen LogP contribution in [0.1, 0.15) is 37.5 Å². The first kappa shape index (κ1) is 17.3. The number of hydrogen-bond acceptors (Lipinski definition) is 3. The molecule has 0 amide bonds. The highest BCUT2D eigenvalue weighted by atomic mass is 79.9. The van der Waals surface area contributed by atoms with Gasteiger partial charge in [0.05, 0.1) is 11.4 Å². The molecular weight excluding hydrogens is 380 g/mol. The number of unbranched alkanes of at least 4 members (excludes halogenated alkanes) is 3. The molecule has 0 bridgehead atoms. The van der Waals surface area contributed by atoms with E-state index in [1.807, 2.05) is 29.7 Å². The van der Waals surface area contributed by atoms with E-state index in [0.29, 0.717) is 0 Å². The molecule has 2 nitrogen and oxygen atoms in total. The van der Waals surface area contributed by atoms with Gasteiger partial charge in [-0.2, -0.15) is 0 Å². The minimum Gasteiger partial charge on any atom is -0.255 e. The van der Waals surface area contributed by atoms with E-state index in [2.05, 4.69) is 57.1 Å². The van der Waals surface area contributed by atoms with E-state index < -0.39 is 0 Å². The number of rotatable bonds is 7. The van der Waals surface area contributed by atoms with Gasteiger partial charge in [0.1, 0.15) is 0 Å². The lowest BCUT2D eigenvalue weighted by Gasteiger charge is -2.03. The molecule has 0 aliphatic carbocycles. The van der Waals surface area contributed by atoms with Crippen molar-refractivity contribution in [1.82, 2.24) is 9.97 Å². The quantitative estimate of drug-likeness (QED) is 0.409. The number of pyridine rings is 2. The van der Waals surface area contributed by atoms with Crippen LogP contribution in [-0.4, -0.2) is 9.97 Å². The van der Waals surface area contributed by atoms with Crippen LogP contribution < -0.4 is 0 Å². The topological polar surface area (TPSA) is 25.8 Å². The van der Waals surface area contributed by atoms with E-state index >= 15 is 0 Å². The normalized spacial score (nSPS) is 10.9. The van der Waals surface area contributed by atoms with Crippen molar-refractivity contribution in [2.75, 3.05) is 0 Å². The SMILES string of the molecule is CCCCCCc1ccc(-c2ccnc(-c3cc(Br)ccn3)c2)s1. The van der Waals surface area contributed by atoms with Gasteiger partial charge < -0.3 is 0 Å². The maximum atomic E-state index is 4.47. The Morgan fingerprint density at radius 1 is 0.917 bits per heavy atom. The summed E-state index contributed by atoms with van der Waals surface area (Å²) in [5, 5.41) is 0. The van der Waals surface area contributed by atoms with Gasteiger partial charge in [0, 0.05) is 26.6 Å². The van der Waals surface area contributed by atoms with Crippen molar-refractivity contribution in [3.8, 4) is 21.8 Å². The summed E-state index contributed by atoms with van der Waals surface area (Å²) in [5.41, 5.74) is 3.01. The lowest BCUT2D eigenvalue weighted by atomic mass is 10.1. The smallest absolute Gasteiger partial charge is 0.0897 e. The second-order valence-corrected chi connectivity index (χ2v) is 7.95. The van der Waals surface area contributed by atoms with Gasteiger partial charge in [0.2, 0.25) is 0 Å². The molecule has 0 unspecified atom stereocenters. The average molecular weight is 401 g/mol. The molecule has 3 heterocycles. The van der Waals surface area contributed by atoms with Crippen molar-refractivity contribution < 1.29 is 0 Å². The Morgan fingerprint density at radius 2 is 1.71 bits per heavy atom. The molecule has 0 aliphatic rings. The lowest BCUT2D eigenvalue weighted by Crippen LogP contribution is -1.87. The number of thiophene rings is 1. The van der Waals surface area contributed by atoms with E-state index in [1.165, 1.54) is 47.4 Å². The molecule has 0 spiro atoms.